The van der Waals surface area contributed by atoms with Crippen molar-refractivity contribution >= 4 is 0 Å². The predicted octanol–water partition coefficient (Wildman–Crippen LogP) is -1.57. The Morgan fingerprint density at radius 1 is 0.608 bits per heavy atom. The summed E-state index contributed by atoms with van der Waals surface area (Å²) in [5, 5.41) is 128. The lowest BCUT2D eigenvalue weighted by Gasteiger charge is -2.70. The summed E-state index contributed by atoms with van der Waals surface area (Å²) in [6.45, 7) is 13.5. The highest BCUT2D eigenvalue weighted by molar-refractivity contribution is 5.27. The summed E-state index contributed by atoms with van der Waals surface area (Å²) in [7, 11) is 0. The zero-order valence-corrected chi connectivity index (χ0v) is 43.6. The van der Waals surface area contributed by atoms with Crippen molar-refractivity contribution in [3.8, 4) is 0 Å². The molecule has 1 unspecified atom stereocenters. The van der Waals surface area contributed by atoms with Crippen LogP contribution < -0.4 is 0 Å². The Labute approximate surface area is 431 Å². The van der Waals surface area contributed by atoms with E-state index in [1.165, 1.54) is 0 Å². The highest BCUT2D eigenvalue weighted by Gasteiger charge is 2.81. The Morgan fingerprint density at radius 2 is 1.20 bits per heavy atom. The van der Waals surface area contributed by atoms with E-state index in [4.69, 9.17) is 47.4 Å². The van der Waals surface area contributed by atoms with E-state index in [0.29, 0.717) is 25.9 Å². The van der Waals surface area contributed by atoms with Gasteiger partial charge < -0.3 is 109 Å². The van der Waals surface area contributed by atoms with Crippen molar-refractivity contribution in [1.29, 1.82) is 0 Å². The second kappa shape index (κ2) is 20.1. The van der Waals surface area contributed by atoms with Crippen LogP contribution in [0.2, 0.25) is 0 Å². The Bertz CT molecular complexity index is 2030. The highest BCUT2D eigenvalue weighted by Crippen LogP contribution is 2.80. The van der Waals surface area contributed by atoms with Crippen molar-refractivity contribution in [3.63, 3.8) is 0 Å². The van der Waals surface area contributed by atoms with Crippen molar-refractivity contribution in [2.45, 2.75) is 234 Å². The smallest absolute Gasteiger partial charge is 0.187 e. The minimum absolute atomic E-state index is 0.0992. The summed E-state index contributed by atoms with van der Waals surface area (Å²) in [5.74, 6) is -0.746. The molecular weight excluding hydrogens is 977 g/mol. The molecule has 22 heteroatoms. The predicted molar refractivity (Wildman–Crippen MR) is 251 cm³/mol. The third kappa shape index (κ3) is 8.66. The SMILES string of the molecule is CC(C)=CC1C[C@](C)(O[C@@H]2OC[C@H](O)[C@H](O)[C@H]2O)[C@@H]2[C@H]3CC[C@@H]4[C@@]5(C)CC[C@H](O[C@@H]6O[C@H](CO)[C@@H](O)[C@H](O[C@@H]7O[C@H](CO)[C@@H](O)[C@H](O)[C@H]7O)[C@H]6O[C@@H]6O[C@@H](CO)[C@H](O)[C@H]6O)C(C)(C)[C@@H]5CC[C@@]4(C)[C@@]34CO[C@@]2(C4)O1. The molecule has 0 aromatic heterocycles. The summed E-state index contributed by atoms with van der Waals surface area (Å²) < 4.78 is 64.2. The van der Waals surface area contributed by atoms with Gasteiger partial charge >= 0.3 is 0 Å². The van der Waals surface area contributed by atoms with Gasteiger partial charge in [-0.3, -0.25) is 0 Å². The number of rotatable bonds is 12. The first-order chi connectivity index (χ1) is 34.8. The minimum Gasteiger partial charge on any atom is -0.394 e. The quantitative estimate of drug-likeness (QED) is 0.0776. The van der Waals surface area contributed by atoms with Crippen LogP contribution >= 0.6 is 0 Å². The first kappa shape index (κ1) is 56.1. The van der Waals surface area contributed by atoms with Gasteiger partial charge in [0.2, 0.25) is 0 Å². The zero-order valence-electron chi connectivity index (χ0n) is 43.6. The third-order valence-electron chi connectivity index (χ3n) is 20.6. The molecule has 0 radical (unpaired) electrons. The zero-order chi connectivity index (χ0) is 53.4. The fraction of sp³-hybridized carbons (Fsp3) is 0.962. The molecule has 10 aliphatic rings. The normalized spacial score (nSPS) is 56.7. The molecule has 12 N–H and O–H groups in total. The second-order valence-electron chi connectivity index (χ2n) is 25.3. The van der Waals surface area contributed by atoms with Crippen LogP contribution in [-0.4, -0.2) is 229 Å². The van der Waals surface area contributed by atoms with Gasteiger partial charge in [-0.2, -0.15) is 0 Å². The van der Waals surface area contributed by atoms with E-state index >= 15 is 0 Å². The molecule has 2 spiro atoms. The molecule has 6 saturated heterocycles. The van der Waals surface area contributed by atoms with Gasteiger partial charge in [-0.25, -0.2) is 0 Å². The molecule has 22 nitrogen and oxygen atoms in total. The van der Waals surface area contributed by atoms with E-state index in [0.717, 1.165) is 37.7 Å². The second-order valence-corrected chi connectivity index (χ2v) is 25.3. The Morgan fingerprint density at radius 3 is 1.85 bits per heavy atom. The van der Waals surface area contributed by atoms with E-state index in [2.05, 4.69) is 40.7 Å². The van der Waals surface area contributed by atoms with E-state index in [1.807, 2.05) is 13.8 Å². The molecule has 29 atom stereocenters. The highest BCUT2D eigenvalue weighted by atomic mass is 16.8. The maximum atomic E-state index is 11.8. The summed E-state index contributed by atoms with van der Waals surface area (Å²) in [5.41, 5.74) is -1.11. The van der Waals surface area contributed by atoms with Crippen LogP contribution in [0.3, 0.4) is 0 Å². The fourth-order valence-electron chi connectivity index (χ4n) is 17.1. The van der Waals surface area contributed by atoms with Crippen LogP contribution in [-0.2, 0) is 47.4 Å². The first-order valence-corrected chi connectivity index (χ1v) is 27.0. The number of hydrogen-bond acceptors (Lipinski definition) is 22. The van der Waals surface area contributed by atoms with Crippen LogP contribution in [0.5, 0.6) is 0 Å². The number of ether oxygens (including phenoxy) is 10. The minimum atomic E-state index is -1.89. The number of allylic oxidation sites excluding steroid dienone is 1. The average molecular weight is 1060 g/mol. The molecule has 2 bridgehead atoms. The summed E-state index contributed by atoms with van der Waals surface area (Å²) in [4.78, 5) is 0. The van der Waals surface area contributed by atoms with Crippen LogP contribution in [0.1, 0.15) is 99.8 Å². The lowest BCUT2D eigenvalue weighted by atomic mass is 9.35. The van der Waals surface area contributed by atoms with Gasteiger partial charge in [0.1, 0.15) is 85.5 Å². The molecule has 0 aromatic rings. The number of hydrogen-bond donors (Lipinski definition) is 12. The maximum absolute atomic E-state index is 11.8. The number of fused-ring (bicyclic) bond motifs is 4. The van der Waals surface area contributed by atoms with Crippen molar-refractivity contribution in [2.75, 3.05) is 33.0 Å². The van der Waals surface area contributed by atoms with Crippen molar-refractivity contribution in [3.05, 3.63) is 11.6 Å². The van der Waals surface area contributed by atoms with Crippen LogP contribution in [0.4, 0.5) is 0 Å². The Kier molecular flexibility index (Phi) is 15.3. The van der Waals surface area contributed by atoms with Gasteiger partial charge in [0, 0.05) is 24.2 Å². The molecule has 6 heterocycles. The molecule has 4 aliphatic carbocycles. The van der Waals surface area contributed by atoms with Crippen LogP contribution in [0, 0.1) is 45.3 Å². The number of aliphatic hydroxyl groups is 12. The average Bonchev–Trinajstić information content (AvgIpc) is 3.97. The van der Waals surface area contributed by atoms with Gasteiger partial charge in [-0.1, -0.05) is 39.3 Å². The summed E-state index contributed by atoms with van der Waals surface area (Å²) >= 11 is 0. The van der Waals surface area contributed by atoms with Crippen molar-refractivity contribution < 1.29 is 109 Å². The summed E-state index contributed by atoms with van der Waals surface area (Å²) in [6.07, 6.45) is -20.6. The lowest BCUT2D eigenvalue weighted by molar-refractivity contribution is -0.388. The van der Waals surface area contributed by atoms with Gasteiger partial charge in [-0.15, -0.1) is 0 Å². The van der Waals surface area contributed by atoms with E-state index in [9.17, 15) is 61.3 Å². The summed E-state index contributed by atoms with van der Waals surface area (Å²) in [6, 6.07) is 0. The van der Waals surface area contributed by atoms with Gasteiger partial charge in [0.05, 0.1) is 50.8 Å². The van der Waals surface area contributed by atoms with Gasteiger partial charge in [0.15, 0.2) is 30.9 Å². The first-order valence-electron chi connectivity index (χ1n) is 27.0. The maximum Gasteiger partial charge on any atom is 0.187 e. The van der Waals surface area contributed by atoms with Crippen molar-refractivity contribution in [2.24, 2.45) is 45.3 Å². The molecule has 6 aliphatic heterocycles. The molecule has 424 valence electrons. The topological polar surface area (TPSA) is 335 Å². The van der Waals surface area contributed by atoms with Gasteiger partial charge in [-0.05, 0) is 93.3 Å². The number of aliphatic hydroxyl groups excluding tert-OH is 12. The standard InChI is InChI=1S/C52H84O22/c1-22(2)14-23-15-50(7,74-43-37(62)32(57)25(56)19-65-43)42-24-8-9-30-48(5)12-11-31(47(3,4)29(48)10-13-49(30,6)51(24)20-52(42,73-23)66-21-51)70-46-41(72-44-38(63)34(59)27(17-54)68-44)40(35(60)28(18-55)69-46)71-45-39(64)36(61)33(58)26(16-53)67-45/h14,23-46,53-64H,8-13,15-21H2,1-7H3/t23?,24-,25+,26-,27+,28-,29+,30-,31+,32+,33-,34+,35-,36+,37-,38-,39-,40+,41-,42+,43+,44+,45+,46+,48+,49-,50+,51+,52+/m1/s1. The molecule has 0 aromatic carbocycles. The van der Waals surface area contributed by atoms with E-state index in [1.54, 1.807) is 0 Å². The van der Waals surface area contributed by atoms with Crippen LogP contribution in [0.25, 0.3) is 0 Å². The van der Waals surface area contributed by atoms with E-state index < -0.39 is 153 Å². The Balaban J connectivity index is 0.927. The largest absolute Gasteiger partial charge is 0.394 e. The van der Waals surface area contributed by atoms with Crippen LogP contribution in [0.15, 0.2) is 11.6 Å². The molecule has 74 heavy (non-hydrogen) atoms. The van der Waals surface area contributed by atoms with Gasteiger partial charge in [0.25, 0.3) is 0 Å². The molecule has 10 rings (SSSR count). The molecule has 10 fully saturated rings. The molecule has 4 saturated carbocycles. The molecular formula is C52H84O22. The van der Waals surface area contributed by atoms with Crippen molar-refractivity contribution in [1.82, 2.24) is 0 Å². The fourth-order valence-corrected chi connectivity index (χ4v) is 17.1. The lowest BCUT2D eigenvalue weighted by Crippen LogP contribution is -2.69. The third-order valence-corrected chi connectivity index (χ3v) is 20.6. The monoisotopic (exact) mass is 1060 g/mol. The molecule has 0 amide bonds. The van der Waals surface area contributed by atoms with E-state index in [-0.39, 0.29) is 52.6 Å². The Hall–Kier alpha value is -1.14.